The van der Waals surface area contributed by atoms with Gasteiger partial charge in [-0.3, -0.25) is 0 Å². The highest BCUT2D eigenvalue weighted by atomic mass is 127. The Balaban J connectivity index is 0.00000288. The van der Waals surface area contributed by atoms with E-state index in [-0.39, 0.29) is 30.0 Å². The van der Waals surface area contributed by atoms with Crippen LogP contribution in [0.1, 0.15) is 24.1 Å². The summed E-state index contributed by atoms with van der Waals surface area (Å²) >= 11 is 12.1. The molecule has 0 aliphatic heterocycles. The van der Waals surface area contributed by atoms with Crippen molar-refractivity contribution in [3.63, 3.8) is 0 Å². The van der Waals surface area contributed by atoms with Crippen LogP contribution >= 0.6 is 47.2 Å². The molecule has 0 aliphatic carbocycles. The lowest BCUT2D eigenvalue weighted by Crippen LogP contribution is -2.34. The molecule has 0 radical (unpaired) electrons. The summed E-state index contributed by atoms with van der Waals surface area (Å²) in [6.07, 6.45) is 1.67. The topological polar surface area (TPSA) is 72.5 Å². The Morgan fingerprint density at radius 2 is 2.08 bits per heavy atom. The first-order valence-electron chi connectivity index (χ1n) is 7.00. The van der Waals surface area contributed by atoms with Gasteiger partial charge in [0, 0.05) is 22.3 Å². The summed E-state index contributed by atoms with van der Waals surface area (Å²) in [5.74, 6) is 0.879. The second kappa shape index (κ2) is 9.90. The summed E-state index contributed by atoms with van der Waals surface area (Å²) in [5.41, 5.74) is 7.79. The predicted molar refractivity (Wildman–Crippen MR) is 110 cm³/mol. The molecule has 1 unspecified atom stereocenters. The van der Waals surface area contributed by atoms with Crippen LogP contribution in [0.15, 0.2) is 41.5 Å². The average Bonchev–Trinajstić information content (AvgIpc) is 2.53. The number of guanidine groups is 1. The van der Waals surface area contributed by atoms with Crippen LogP contribution < -0.4 is 15.8 Å². The highest BCUT2D eigenvalue weighted by Gasteiger charge is 2.10. The number of halogens is 3. The van der Waals surface area contributed by atoms with Crippen molar-refractivity contribution in [2.75, 3.05) is 7.11 Å². The minimum atomic E-state index is -0.0875. The van der Waals surface area contributed by atoms with Gasteiger partial charge in [-0.1, -0.05) is 29.3 Å². The number of pyridine rings is 1. The van der Waals surface area contributed by atoms with E-state index in [0.29, 0.717) is 28.4 Å². The molecule has 8 heteroatoms. The first-order valence-corrected chi connectivity index (χ1v) is 7.75. The number of benzene rings is 1. The van der Waals surface area contributed by atoms with Gasteiger partial charge in [0.15, 0.2) is 5.96 Å². The minimum Gasteiger partial charge on any atom is -0.481 e. The number of hydrogen-bond donors (Lipinski definition) is 2. The lowest BCUT2D eigenvalue weighted by molar-refractivity contribution is 0.397. The van der Waals surface area contributed by atoms with Crippen LogP contribution in [0.25, 0.3) is 0 Å². The molecule has 0 bridgehead atoms. The van der Waals surface area contributed by atoms with E-state index in [4.69, 9.17) is 33.7 Å². The Morgan fingerprint density at radius 1 is 1.33 bits per heavy atom. The van der Waals surface area contributed by atoms with Crippen LogP contribution in [-0.4, -0.2) is 18.1 Å². The zero-order chi connectivity index (χ0) is 16.8. The van der Waals surface area contributed by atoms with Crippen molar-refractivity contribution in [3.8, 4) is 5.88 Å². The lowest BCUT2D eigenvalue weighted by atomic mass is 10.1. The third-order valence-electron chi connectivity index (χ3n) is 3.23. The summed E-state index contributed by atoms with van der Waals surface area (Å²) in [6, 6.07) is 8.94. The van der Waals surface area contributed by atoms with Crippen LogP contribution in [-0.2, 0) is 6.54 Å². The van der Waals surface area contributed by atoms with Crippen LogP contribution in [0.3, 0.4) is 0 Å². The van der Waals surface area contributed by atoms with Gasteiger partial charge >= 0.3 is 0 Å². The zero-order valence-corrected chi connectivity index (χ0v) is 17.1. The van der Waals surface area contributed by atoms with E-state index in [2.05, 4.69) is 15.3 Å². The van der Waals surface area contributed by atoms with Gasteiger partial charge in [0.2, 0.25) is 5.88 Å². The quantitative estimate of drug-likeness (QED) is 0.382. The molecule has 3 N–H and O–H groups in total. The van der Waals surface area contributed by atoms with E-state index in [0.717, 1.165) is 11.1 Å². The molecule has 0 saturated heterocycles. The van der Waals surface area contributed by atoms with Gasteiger partial charge in [0.25, 0.3) is 0 Å². The summed E-state index contributed by atoms with van der Waals surface area (Å²) in [4.78, 5) is 8.36. The van der Waals surface area contributed by atoms with E-state index in [1.54, 1.807) is 25.4 Å². The Bertz CT molecular complexity index is 712. The molecular formula is C16H19Cl2IN4O. The summed E-state index contributed by atoms with van der Waals surface area (Å²) in [6.45, 7) is 2.38. The fourth-order valence-corrected chi connectivity index (χ4v) is 2.61. The number of nitrogens with zero attached hydrogens (tertiary/aromatic N) is 2. The number of aromatic nitrogens is 1. The number of nitrogens with two attached hydrogens (primary N) is 1. The average molecular weight is 481 g/mol. The maximum Gasteiger partial charge on any atom is 0.213 e. The fourth-order valence-electron chi connectivity index (χ4n) is 2.03. The first-order chi connectivity index (χ1) is 11.0. The van der Waals surface area contributed by atoms with Crippen molar-refractivity contribution in [1.82, 2.24) is 10.3 Å². The summed E-state index contributed by atoms with van der Waals surface area (Å²) in [5, 5.41) is 4.29. The van der Waals surface area contributed by atoms with Crippen molar-refractivity contribution < 1.29 is 4.74 Å². The number of aliphatic imine (C=N–C) groups is 1. The maximum atomic E-state index is 6.19. The van der Waals surface area contributed by atoms with Crippen LogP contribution in [0, 0.1) is 0 Å². The highest BCUT2D eigenvalue weighted by molar-refractivity contribution is 14.0. The molecule has 0 amide bonds. The van der Waals surface area contributed by atoms with Crippen molar-refractivity contribution >= 4 is 53.1 Å². The molecule has 130 valence electrons. The van der Waals surface area contributed by atoms with Crippen molar-refractivity contribution in [2.24, 2.45) is 10.7 Å². The number of nitrogens with one attached hydrogen (secondary N) is 1. The van der Waals surface area contributed by atoms with E-state index in [1.807, 2.05) is 25.1 Å². The summed E-state index contributed by atoms with van der Waals surface area (Å²) < 4.78 is 5.07. The zero-order valence-electron chi connectivity index (χ0n) is 13.3. The highest BCUT2D eigenvalue weighted by Crippen LogP contribution is 2.25. The van der Waals surface area contributed by atoms with Crippen LogP contribution in [0.2, 0.25) is 10.0 Å². The van der Waals surface area contributed by atoms with Crippen molar-refractivity contribution in [1.29, 1.82) is 0 Å². The molecule has 2 aromatic rings. The molecule has 0 saturated carbocycles. The molecule has 24 heavy (non-hydrogen) atoms. The van der Waals surface area contributed by atoms with Gasteiger partial charge in [-0.05, 0) is 36.2 Å². The van der Waals surface area contributed by atoms with Gasteiger partial charge in [-0.15, -0.1) is 24.0 Å². The molecule has 1 aromatic carbocycles. The Labute approximate surface area is 168 Å². The lowest BCUT2D eigenvalue weighted by Gasteiger charge is -2.16. The van der Waals surface area contributed by atoms with Crippen LogP contribution in [0.5, 0.6) is 5.88 Å². The standard InChI is InChI=1S/C16H18Cl2N4O.HI/c1-10(13-4-3-12(17)8-14(13)18)22-16(19)21-9-11-5-6-20-15(7-11)23-2;/h3-8,10H,9H2,1-2H3,(H3,19,21,22);1H. The van der Waals surface area contributed by atoms with Crippen LogP contribution in [0.4, 0.5) is 0 Å². The molecule has 1 atom stereocenters. The monoisotopic (exact) mass is 480 g/mol. The molecule has 1 aromatic heterocycles. The predicted octanol–water partition coefficient (Wildman–Crippen LogP) is 4.18. The Morgan fingerprint density at radius 3 is 2.75 bits per heavy atom. The SMILES string of the molecule is COc1cc(CN=C(N)NC(C)c2ccc(Cl)cc2Cl)ccn1.I. The number of methoxy groups -OCH3 is 1. The van der Waals surface area contributed by atoms with Gasteiger partial charge in [0.1, 0.15) is 0 Å². The molecule has 5 nitrogen and oxygen atoms in total. The molecule has 0 fully saturated rings. The number of hydrogen-bond acceptors (Lipinski definition) is 3. The second-order valence-electron chi connectivity index (χ2n) is 4.94. The normalized spacial score (nSPS) is 12.2. The molecule has 1 heterocycles. The molecule has 0 aliphatic rings. The maximum absolute atomic E-state index is 6.19. The summed E-state index contributed by atoms with van der Waals surface area (Å²) in [7, 11) is 1.57. The van der Waals surface area contributed by atoms with E-state index in [1.165, 1.54) is 0 Å². The van der Waals surface area contributed by atoms with Gasteiger partial charge in [0.05, 0.1) is 19.7 Å². The number of ether oxygens (including phenoxy) is 1. The Hall–Kier alpha value is -1.25. The minimum absolute atomic E-state index is 0. The molecule has 2 rings (SSSR count). The van der Waals surface area contributed by atoms with E-state index in [9.17, 15) is 0 Å². The third kappa shape index (κ3) is 5.99. The smallest absolute Gasteiger partial charge is 0.213 e. The van der Waals surface area contributed by atoms with Gasteiger partial charge in [-0.2, -0.15) is 0 Å². The van der Waals surface area contributed by atoms with E-state index >= 15 is 0 Å². The first kappa shape index (κ1) is 20.8. The molecule has 0 spiro atoms. The number of rotatable bonds is 5. The van der Waals surface area contributed by atoms with Crippen molar-refractivity contribution in [3.05, 3.63) is 57.7 Å². The van der Waals surface area contributed by atoms with Gasteiger partial charge in [-0.25, -0.2) is 9.98 Å². The molecular weight excluding hydrogens is 462 g/mol. The Kier molecular flexibility index (Phi) is 8.58. The fraction of sp³-hybridized carbons (Fsp3) is 0.250. The van der Waals surface area contributed by atoms with E-state index < -0.39 is 0 Å². The van der Waals surface area contributed by atoms with Crippen molar-refractivity contribution in [2.45, 2.75) is 19.5 Å². The third-order valence-corrected chi connectivity index (χ3v) is 3.80. The van der Waals surface area contributed by atoms with Gasteiger partial charge < -0.3 is 15.8 Å². The second-order valence-corrected chi connectivity index (χ2v) is 5.78. The largest absolute Gasteiger partial charge is 0.481 e.